The summed E-state index contributed by atoms with van der Waals surface area (Å²) in [7, 11) is 0. The molecule has 2 amide bonds. The van der Waals surface area contributed by atoms with Crippen molar-refractivity contribution in [3.63, 3.8) is 0 Å². The van der Waals surface area contributed by atoms with Crippen LogP contribution in [-0.4, -0.2) is 34.2 Å². The number of hydrogen-bond acceptors (Lipinski definition) is 8. The Morgan fingerprint density at radius 3 is 2.38 bits per heavy atom. The van der Waals surface area contributed by atoms with Crippen LogP contribution in [0.3, 0.4) is 0 Å². The number of hydrogen-bond donors (Lipinski definition) is 2. The largest absolute Gasteiger partial charge is 0.422 e. The summed E-state index contributed by atoms with van der Waals surface area (Å²) in [5.41, 5.74) is 4.93. The maximum atomic E-state index is 12.8. The molecule has 0 radical (unpaired) electrons. The van der Waals surface area contributed by atoms with E-state index in [1.807, 2.05) is 79.7 Å². The van der Waals surface area contributed by atoms with Crippen molar-refractivity contribution in [3.05, 3.63) is 108 Å². The Balaban J connectivity index is 1.30. The van der Waals surface area contributed by atoms with E-state index in [1.54, 1.807) is 18.2 Å². The number of fused-ring (bicyclic) bond motifs is 1. The molecule has 0 spiro atoms. The Kier molecular flexibility index (Phi) is 7.46. The van der Waals surface area contributed by atoms with Gasteiger partial charge in [-0.15, -0.1) is 10.2 Å². The first kappa shape index (κ1) is 25.4. The fourth-order valence-corrected chi connectivity index (χ4v) is 4.42. The number of nitrogens with zero attached hydrogens (tertiary/aromatic N) is 3. The van der Waals surface area contributed by atoms with Crippen LogP contribution in [0.25, 0.3) is 21.3 Å². The minimum Gasteiger partial charge on any atom is -0.422 e. The standard InChI is InChI=1S/C29H21N5O4S/c1-18-11-13-21(14-12-18)28(37)38-24-16-15-19-7-5-6-10-22(19)23(24)17-30-32-26(36)25(35)31-29-34-33-27(39-29)20-8-3-2-4-9-20/h2-17H,1H3,(H,32,36)(H,31,34,35)/b30-17-. The molecule has 0 aliphatic heterocycles. The lowest BCUT2D eigenvalue weighted by Crippen LogP contribution is -2.32. The number of anilines is 1. The van der Waals surface area contributed by atoms with E-state index in [2.05, 4.69) is 26.0 Å². The molecule has 0 saturated heterocycles. The molecule has 0 aliphatic rings. The van der Waals surface area contributed by atoms with Crippen molar-refractivity contribution < 1.29 is 19.1 Å². The summed E-state index contributed by atoms with van der Waals surface area (Å²) in [4.78, 5) is 37.5. The van der Waals surface area contributed by atoms with Gasteiger partial charge in [-0.25, -0.2) is 10.2 Å². The highest BCUT2D eigenvalue weighted by Crippen LogP contribution is 2.28. The summed E-state index contributed by atoms with van der Waals surface area (Å²) in [5.74, 6) is -2.23. The van der Waals surface area contributed by atoms with Crippen LogP contribution in [0.4, 0.5) is 5.13 Å². The number of carbonyl (C=O) groups excluding carboxylic acids is 3. The van der Waals surface area contributed by atoms with Crippen molar-refractivity contribution in [1.29, 1.82) is 0 Å². The molecule has 2 N–H and O–H groups in total. The highest BCUT2D eigenvalue weighted by molar-refractivity contribution is 7.18. The van der Waals surface area contributed by atoms with Gasteiger partial charge in [0.25, 0.3) is 0 Å². The van der Waals surface area contributed by atoms with Crippen molar-refractivity contribution in [2.75, 3.05) is 5.32 Å². The Labute approximate surface area is 227 Å². The molecular weight excluding hydrogens is 514 g/mol. The molecule has 0 atom stereocenters. The van der Waals surface area contributed by atoms with Gasteiger partial charge in [-0.3, -0.25) is 14.9 Å². The van der Waals surface area contributed by atoms with Crippen molar-refractivity contribution in [1.82, 2.24) is 15.6 Å². The number of esters is 1. The molecule has 10 heteroatoms. The highest BCUT2D eigenvalue weighted by atomic mass is 32.1. The number of nitrogens with one attached hydrogen (secondary N) is 2. The van der Waals surface area contributed by atoms with Gasteiger partial charge in [0, 0.05) is 11.1 Å². The molecular formula is C29H21N5O4S. The van der Waals surface area contributed by atoms with E-state index in [0.29, 0.717) is 16.1 Å². The number of amides is 2. The Morgan fingerprint density at radius 2 is 1.59 bits per heavy atom. The topological polar surface area (TPSA) is 123 Å². The van der Waals surface area contributed by atoms with E-state index in [1.165, 1.54) is 6.21 Å². The molecule has 0 bridgehead atoms. The van der Waals surface area contributed by atoms with Gasteiger partial charge >= 0.3 is 17.8 Å². The molecule has 39 heavy (non-hydrogen) atoms. The third kappa shape index (κ3) is 6.03. The number of hydrazone groups is 1. The second-order valence-electron chi connectivity index (χ2n) is 8.39. The van der Waals surface area contributed by atoms with Crippen molar-refractivity contribution in [3.8, 4) is 16.3 Å². The fraction of sp³-hybridized carbons (Fsp3) is 0.0345. The van der Waals surface area contributed by atoms with Gasteiger partial charge in [0.1, 0.15) is 10.8 Å². The van der Waals surface area contributed by atoms with Crippen LogP contribution in [0.1, 0.15) is 21.5 Å². The van der Waals surface area contributed by atoms with Crippen molar-refractivity contribution in [2.45, 2.75) is 6.92 Å². The van der Waals surface area contributed by atoms with E-state index in [4.69, 9.17) is 4.74 Å². The van der Waals surface area contributed by atoms with Crippen LogP contribution >= 0.6 is 11.3 Å². The second-order valence-corrected chi connectivity index (χ2v) is 9.36. The molecule has 1 heterocycles. The molecule has 9 nitrogen and oxygen atoms in total. The summed E-state index contributed by atoms with van der Waals surface area (Å²) >= 11 is 1.14. The number of benzene rings is 4. The minimum absolute atomic E-state index is 0.178. The highest BCUT2D eigenvalue weighted by Gasteiger charge is 2.17. The zero-order chi connectivity index (χ0) is 27.2. The first-order valence-corrected chi connectivity index (χ1v) is 12.6. The number of rotatable bonds is 6. The summed E-state index contributed by atoms with van der Waals surface area (Å²) in [5, 5.41) is 16.7. The minimum atomic E-state index is -0.999. The van der Waals surface area contributed by atoms with Crippen LogP contribution in [0.2, 0.25) is 0 Å². The van der Waals surface area contributed by atoms with E-state index in [9.17, 15) is 14.4 Å². The molecule has 5 rings (SSSR count). The average Bonchev–Trinajstić information content (AvgIpc) is 3.43. The quantitative estimate of drug-likeness (QED) is 0.104. The lowest BCUT2D eigenvalue weighted by Gasteiger charge is -2.10. The Bertz CT molecular complexity index is 1700. The summed E-state index contributed by atoms with van der Waals surface area (Å²) in [6.45, 7) is 1.93. The smallest absolute Gasteiger partial charge is 0.343 e. The predicted molar refractivity (Wildman–Crippen MR) is 150 cm³/mol. The van der Waals surface area contributed by atoms with Crippen LogP contribution < -0.4 is 15.5 Å². The third-order valence-corrected chi connectivity index (χ3v) is 6.54. The van der Waals surface area contributed by atoms with Gasteiger partial charge in [0.05, 0.1) is 11.8 Å². The van der Waals surface area contributed by atoms with Gasteiger partial charge in [0.15, 0.2) is 0 Å². The number of aromatic nitrogens is 2. The van der Waals surface area contributed by atoms with E-state index in [-0.39, 0.29) is 10.9 Å². The maximum Gasteiger partial charge on any atom is 0.343 e. The first-order valence-electron chi connectivity index (χ1n) is 11.8. The molecule has 4 aromatic carbocycles. The predicted octanol–water partition coefficient (Wildman–Crippen LogP) is 4.97. The van der Waals surface area contributed by atoms with Gasteiger partial charge < -0.3 is 4.74 Å². The van der Waals surface area contributed by atoms with Gasteiger partial charge in [0.2, 0.25) is 5.13 Å². The van der Waals surface area contributed by atoms with E-state index < -0.39 is 17.8 Å². The molecule has 0 unspecified atom stereocenters. The maximum absolute atomic E-state index is 12.8. The molecule has 0 fully saturated rings. The number of aryl methyl sites for hydroxylation is 1. The molecule has 192 valence electrons. The summed E-state index contributed by atoms with van der Waals surface area (Å²) < 4.78 is 5.67. The van der Waals surface area contributed by atoms with E-state index in [0.717, 1.165) is 33.2 Å². The average molecular weight is 536 g/mol. The molecule has 0 saturated carbocycles. The zero-order valence-corrected chi connectivity index (χ0v) is 21.4. The first-order chi connectivity index (χ1) is 19.0. The monoisotopic (exact) mass is 535 g/mol. The summed E-state index contributed by atoms with van der Waals surface area (Å²) in [6, 6.07) is 27.3. The van der Waals surface area contributed by atoms with Crippen LogP contribution in [-0.2, 0) is 9.59 Å². The Morgan fingerprint density at radius 1 is 0.846 bits per heavy atom. The lowest BCUT2D eigenvalue weighted by atomic mass is 10.0. The van der Waals surface area contributed by atoms with Gasteiger partial charge in [-0.05, 0) is 35.9 Å². The van der Waals surface area contributed by atoms with Crippen LogP contribution in [0.5, 0.6) is 5.75 Å². The van der Waals surface area contributed by atoms with Gasteiger partial charge in [-0.1, -0.05) is 89.7 Å². The fourth-order valence-electron chi connectivity index (χ4n) is 3.68. The van der Waals surface area contributed by atoms with Crippen molar-refractivity contribution in [2.24, 2.45) is 5.10 Å². The summed E-state index contributed by atoms with van der Waals surface area (Å²) in [6.07, 6.45) is 1.34. The Hall–Kier alpha value is -5.22. The van der Waals surface area contributed by atoms with Crippen molar-refractivity contribution >= 4 is 51.2 Å². The third-order valence-electron chi connectivity index (χ3n) is 5.65. The zero-order valence-electron chi connectivity index (χ0n) is 20.6. The molecule has 1 aromatic heterocycles. The number of ether oxygens (including phenoxy) is 1. The SMILES string of the molecule is Cc1ccc(C(=O)Oc2ccc3ccccc3c2/C=N\NC(=O)C(=O)Nc2nnc(-c3ccccc3)s2)cc1. The van der Waals surface area contributed by atoms with E-state index >= 15 is 0 Å². The van der Waals surface area contributed by atoms with Crippen LogP contribution in [0.15, 0.2) is 96.1 Å². The normalized spacial score (nSPS) is 10.9. The second kappa shape index (κ2) is 11.4. The molecule has 5 aromatic rings. The van der Waals surface area contributed by atoms with Gasteiger partial charge in [-0.2, -0.15) is 5.10 Å². The number of carbonyl (C=O) groups is 3. The lowest BCUT2D eigenvalue weighted by molar-refractivity contribution is -0.136. The van der Waals surface area contributed by atoms with Crippen LogP contribution in [0, 0.1) is 6.92 Å². The molecule has 0 aliphatic carbocycles.